The highest BCUT2D eigenvalue weighted by atomic mass is 16.4. The van der Waals surface area contributed by atoms with Crippen molar-refractivity contribution < 1.29 is 14.8 Å². The normalized spacial score (nSPS) is 14.0. The van der Waals surface area contributed by atoms with Gasteiger partial charge in [-0.3, -0.25) is 9.69 Å². The molecule has 2 aromatic carbocycles. The van der Waals surface area contributed by atoms with Crippen LogP contribution < -0.4 is 10.8 Å². The van der Waals surface area contributed by atoms with Crippen molar-refractivity contribution in [2.45, 2.75) is 19.4 Å². The maximum absolute atomic E-state index is 12.1. The van der Waals surface area contributed by atoms with Crippen LogP contribution in [0.25, 0.3) is 0 Å². The van der Waals surface area contributed by atoms with E-state index in [2.05, 4.69) is 34.5 Å². The molecular weight excluding hydrogens is 315 g/mol. The first-order chi connectivity index (χ1) is 12.1. The first-order valence-corrected chi connectivity index (χ1v) is 8.67. The monoisotopic (exact) mass is 338 g/mol. The van der Waals surface area contributed by atoms with Crippen molar-refractivity contribution in [3.8, 4) is 0 Å². The maximum Gasteiger partial charge on any atom is 0.488 e. The van der Waals surface area contributed by atoms with E-state index in [4.69, 9.17) is 10.0 Å². The van der Waals surface area contributed by atoms with Crippen LogP contribution in [0.3, 0.4) is 0 Å². The minimum atomic E-state index is -1.51. The lowest BCUT2D eigenvalue weighted by molar-refractivity contribution is 0.0951. The van der Waals surface area contributed by atoms with E-state index in [1.165, 1.54) is 11.1 Å². The molecule has 0 spiro atoms. The number of carbonyl (C=O) groups is 1. The van der Waals surface area contributed by atoms with Gasteiger partial charge in [0.15, 0.2) is 0 Å². The lowest BCUT2D eigenvalue weighted by Crippen LogP contribution is -2.34. The average molecular weight is 338 g/mol. The molecule has 0 aromatic heterocycles. The fraction of sp³-hybridized carbons (Fsp3) is 0.316. The quantitative estimate of drug-likeness (QED) is 0.531. The average Bonchev–Trinajstić information content (AvgIpc) is 2.65. The van der Waals surface area contributed by atoms with E-state index < -0.39 is 7.12 Å². The van der Waals surface area contributed by atoms with Crippen LogP contribution in [0.5, 0.6) is 0 Å². The van der Waals surface area contributed by atoms with Crippen LogP contribution in [0.15, 0.2) is 48.5 Å². The Morgan fingerprint density at radius 3 is 2.52 bits per heavy atom. The van der Waals surface area contributed by atoms with Crippen LogP contribution >= 0.6 is 0 Å². The van der Waals surface area contributed by atoms with Crippen molar-refractivity contribution in [1.82, 2.24) is 10.2 Å². The molecule has 2 aromatic rings. The zero-order valence-corrected chi connectivity index (χ0v) is 14.2. The summed E-state index contributed by atoms with van der Waals surface area (Å²) in [4.78, 5) is 14.5. The van der Waals surface area contributed by atoms with Gasteiger partial charge in [-0.25, -0.2) is 0 Å². The minimum Gasteiger partial charge on any atom is -0.423 e. The first kappa shape index (κ1) is 17.7. The van der Waals surface area contributed by atoms with E-state index in [9.17, 15) is 4.79 Å². The van der Waals surface area contributed by atoms with E-state index in [1.54, 1.807) is 24.3 Å². The summed E-state index contributed by atoms with van der Waals surface area (Å²) < 4.78 is 0. The predicted octanol–water partition coefficient (Wildman–Crippen LogP) is 0.545. The third kappa shape index (κ3) is 4.69. The fourth-order valence-electron chi connectivity index (χ4n) is 3.16. The molecule has 130 valence electrons. The Balaban J connectivity index is 1.40. The minimum absolute atomic E-state index is 0.136. The summed E-state index contributed by atoms with van der Waals surface area (Å²) in [7, 11) is -1.51. The molecule has 1 aliphatic rings. The molecule has 3 rings (SSSR count). The van der Waals surface area contributed by atoms with Gasteiger partial charge in [0.05, 0.1) is 0 Å². The Labute approximate surface area is 148 Å². The maximum atomic E-state index is 12.1. The van der Waals surface area contributed by atoms with Gasteiger partial charge < -0.3 is 15.4 Å². The van der Waals surface area contributed by atoms with Crippen LogP contribution in [-0.4, -0.2) is 47.6 Å². The van der Waals surface area contributed by atoms with Crippen LogP contribution in [0.2, 0.25) is 0 Å². The summed E-state index contributed by atoms with van der Waals surface area (Å²) >= 11 is 0. The molecule has 0 aliphatic carbocycles. The fourth-order valence-corrected chi connectivity index (χ4v) is 3.16. The molecule has 0 bridgehead atoms. The molecule has 1 aliphatic heterocycles. The molecule has 1 heterocycles. The first-order valence-electron chi connectivity index (χ1n) is 8.67. The Morgan fingerprint density at radius 1 is 1.08 bits per heavy atom. The van der Waals surface area contributed by atoms with E-state index >= 15 is 0 Å². The topological polar surface area (TPSA) is 72.8 Å². The summed E-state index contributed by atoms with van der Waals surface area (Å²) in [5.74, 6) is -0.136. The lowest BCUT2D eigenvalue weighted by atomic mass is 9.80. The number of hydrogen-bond acceptors (Lipinski definition) is 4. The highest BCUT2D eigenvalue weighted by Crippen LogP contribution is 2.18. The van der Waals surface area contributed by atoms with Crippen LogP contribution in [0, 0.1) is 0 Å². The van der Waals surface area contributed by atoms with Crippen molar-refractivity contribution >= 4 is 18.5 Å². The van der Waals surface area contributed by atoms with Crippen molar-refractivity contribution in [3.63, 3.8) is 0 Å². The Bertz CT molecular complexity index is 719. The number of amides is 1. The van der Waals surface area contributed by atoms with Crippen LogP contribution in [0.4, 0.5) is 0 Å². The van der Waals surface area contributed by atoms with E-state index in [-0.39, 0.29) is 5.91 Å². The van der Waals surface area contributed by atoms with Gasteiger partial charge in [0.2, 0.25) is 0 Å². The van der Waals surface area contributed by atoms with Crippen molar-refractivity contribution in [2.75, 3.05) is 19.6 Å². The van der Waals surface area contributed by atoms with Gasteiger partial charge >= 0.3 is 7.12 Å². The van der Waals surface area contributed by atoms with Crippen LogP contribution in [0.1, 0.15) is 27.9 Å². The van der Waals surface area contributed by atoms with Gasteiger partial charge in [0, 0.05) is 31.7 Å². The standard InChI is InChI=1S/C19H23BN2O3/c23-19(16-6-8-18(9-7-16)20(24)25)21-11-3-12-22-13-10-15-4-1-2-5-17(15)14-22/h1-2,4-9,24-25H,3,10-14H2,(H,21,23). The number of fused-ring (bicyclic) bond motifs is 1. The highest BCUT2D eigenvalue weighted by Gasteiger charge is 2.15. The molecular formula is C19H23BN2O3. The predicted molar refractivity (Wildman–Crippen MR) is 98.6 cm³/mol. The molecule has 0 saturated carbocycles. The van der Waals surface area contributed by atoms with Crippen molar-refractivity contribution in [3.05, 3.63) is 65.2 Å². The molecule has 1 amide bonds. The second kappa shape index (κ2) is 8.29. The molecule has 25 heavy (non-hydrogen) atoms. The second-order valence-electron chi connectivity index (χ2n) is 6.40. The molecule has 0 radical (unpaired) electrons. The molecule has 3 N–H and O–H groups in total. The van der Waals surface area contributed by atoms with Gasteiger partial charge in [0.25, 0.3) is 5.91 Å². The molecule has 0 unspecified atom stereocenters. The third-order valence-corrected chi connectivity index (χ3v) is 4.62. The van der Waals surface area contributed by atoms with Gasteiger partial charge in [-0.15, -0.1) is 0 Å². The zero-order chi connectivity index (χ0) is 17.6. The number of carbonyl (C=O) groups excluding carboxylic acids is 1. The zero-order valence-electron chi connectivity index (χ0n) is 14.2. The molecule has 0 atom stereocenters. The summed E-state index contributed by atoms with van der Waals surface area (Å²) in [5.41, 5.74) is 3.76. The summed E-state index contributed by atoms with van der Waals surface area (Å²) in [6.07, 6.45) is 1.99. The Kier molecular flexibility index (Phi) is 5.86. The Hall–Kier alpha value is -2.15. The van der Waals surface area contributed by atoms with E-state index in [0.717, 1.165) is 32.5 Å². The van der Waals surface area contributed by atoms with Gasteiger partial charge in [-0.1, -0.05) is 36.4 Å². The van der Waals surface area contributed by atoms with Gasteiger partial charge in [-0.2, -0.15) is 0 Å². The third-order valence-electron chi connectivity index (χ3n) is 4.62. The van der Waals surface area contributed by atoms with Gasteiger partial charge in [0.1, 0.15) is 0 Å². The van der Waals surface area contributed by atoms with Crippen molar-refractivity contribution in [1.29, 1.82) is 0 Å². The Morgan fingerprint density at radius 2 is 1.80 bits per heavy atom. The molecule has 5 nitrogen and oxygen atoms in total. The van der Waals surface area contributed by atoms with E-state index in [1.807, 2.05) is 0 Å². The number of nitrogens with one attached hydrogen (secondary N) is 1. The smallest absolute Gasteiger partial charge is 0.423 e. The number of rotatable bonds is 6. The summed E-state index contributed by atoms with van der Waals surface area (Å²) in [6.45, 7) is 3.64. The van der Waals surface area contributed by atoms with E-state index in [0.29, 0.717) is 17.6 Å². The number of hydrogen-bond donors (Lipinski definition) is 3. The number of benzene rings is 2. The van der Waals surface area contributed by atoms with Crippen molar-refractivity contribution in [2.24, 2.45) is 0 Å². The molecule has 0 saturated heterocycles. The summed E-state index contributed by atoms with van der Waals surface area (Å²) in [6, 6.07) is 14.9. The lowest BCUT2D eigenvalue weighted by Gasteiger charge is -2.28. The summed E-state index contributed by atoms with van der Waals surface area (Å²) in [5, 5.41) is 21.0. The number of nitrogens with zero attached hydrogens (tertiary/aromatic N) is 1. The largest absolute Gasteiger partial charge is 0.488 e. The second-order valence-corrected chi connectivity index (χ2v) is 6.40. The van der Waals surface area contributed by atoms with Gasteiger partial charge in [-0.05, 0) is 41.6 Å². The van der Waals surface area contributed by atoms with Crippen LogP contribution in [-0.2, 0) is 13.0 Å². The molecule has 0 fully saturated rings. The SMILES string of the molecule is O=C(NCCCN1CCc2ccccc2C1)c1ccc(B(O)O)cc1. The molecule has 6 heteroatoms. The highest BCUT2D eigenvalue weighted by molar-refractivity contribution is 6.58.